The number of H-pyrrole nitrogens is 2. The van der Waals surface area contributed by atoms with Crippen LogP contribution in [0.4, 0.5) is 11.9 Å². The van der Waals surface area contributed by atoms with Crippen molar-refractivity contribution >= 4 is 17.8 Å². The van der Waals surface area contributed by atoms with Crippen LogP contribution in [0.15, 0.2) is 43.0 Å². The summed E-state index contributed by atoms with van der Waals surface area (Å²) in [5.41, 5.74) is 0.964. The number of nitrogens with zero attached hydrogens (tertiary/aromatic N) is 4. The lowest BCUT2D eigenvalue weighted by Gasteiger charge is -2.17. The van der Waals surface area contributed by atoms with Crippen molar-refractivity contribution in [2.24, 2.45) is 0 Å². The summed E-state index contributed by atoms with van der Waals surface area (Å²) in [6, 6.07) is 9.38. The summed E-state index contributed by atoms with van der Waals surface area (Å²) in [6.07, 6.45) is 2.93. The van der Waals surface area contributed by atoms with E-state index in [-0.39, 0.29) is 18.4 Å². The normalized spacial score (nSPS) is 11.8. The van der Waals surface area contributed by atoms with Gasteiger partial charge in [0.05, 0.1) is 12.5 Å². The van der Waals surface area contributed by atoms with Crippen LogP contribution in [0, 0.1) is 0 Å². The minimum absolute atomic E-state index is 0.197. The SMILES string of the molecule is O=C(CC(Nc1ncn[nH]1)c1ccccc1)Nc1ncn[nH]1. The van der Waals surface area contributed by atoms with Gasteiger partial charge in [-0.2, -0.15) is 15.2 Å². The number of benzene rings is 1. The van der Waals surface area contributed by atoms with Crippen LogP contribution in [-0.4, -0.2) is 36.3 Å². The predicted molar refractivity (Wildman–Crippen MR) is 78.8 cm³/mol. The number of aromatic amines is 2. The molecule has 0 aliphatic heterocycles. The molecule has 1 aromatic carbocycles. The monoisotopic (exact) mass is 298 g/mol. The highest BCUT2D eigenvalue weighted by Gasteiger charge is 2.17. The largest absolute Gasteiger partial charge is 0.347 e. The van der Waals surface area contributed by atoms with E-state index < -0.39 is 0 Å². The molecule has 2 aromatic heterocycles. The number of hydrogen-bond acceptors (Lipinski definition) is 6. The molecule has 0 fully saturated rings. The topological polar surface area (TPSA) is 124 Å². The lowest BCUT2D eigenvalue weighted by molar-refractivity contribution is -0.116. The minimum Gasteiger partial charge on any atom is -0.347 e. The van der Waals surface area contributed by atoms with Crippen molar-refractivity contribution in [3.8, 4) is 0 Å². The van der Waals surface area contributed by atoms with Crippen LogP contribution in [0.25, 0.3) is 0 Å². The number of carbonyl (C=O) groups excluding carboxylic acids is 1. The fourth-order valence-corrected chi connectivity index (χ4v) is 2.01. The molecule has 1 unspecified atom stereocenters. The summed E-state index contributed by atoms with van der Waals surface area (Å²) in [4.78, 5) is 20.0. The number of rotatable bonds is 6. The Bertz CT molecular complexity index is 695. The zero-order valence-corrected chi connectivity index (χ0v) is 11.5. The first kappa shape index (κ1) is 13.7. The summed E-state index contributed by atoms with van der Waals surface area (Å²) < 4.78 is 0. The Morgan fingerprint density at radius 1 is 1.05 bits per heavy atom. The fourth-order valence-electron chi connectivity index (χ4n) is 2.01. The van der Waals surface area contributed by atoms with Crippen LogP contribution in [0.5, 0.6) is 0 Å². The molecular formula is C13H14N8O. The van der Waals surface area contributed by atoms with Gasteiger partial charge in [-0.3, -0.25) is 10.1 Å². The molecule has 2 heterocycles. The summed E-state index contributed by atoms with van der Waals surface area (Å²) in [7, 11) is 0. The highest BCUT2D eigenvalue weighted by molar-refractivity contribution is 5.89. The molecule has 3 rings (SSSR count). The molecule has 0 radical (unpaired) electrons. The van der Waals surface area contributed by atoms with E-state index in [4.69, 9.17) is 0 Å². The third-order valence-corrected chi connectivity index (χ3v) is 2.99. The van der Waals surface area contributed by atoms with E-state index in [1.807, 2.05) is 30.3 Å². The van der Waals surface area contributed by atoms with Crippen molar-refractivity contribution in [1.82, 2.24) is 30.4 Å². The van der Waals surface area contributed by atoms with Gasteiger partial charge in [0.2, 0.25) is 17.8 Å². The first-order valence-corrected chi connectivity index (χ1v) is 6.63. The molecule has 22 heavy (non-hydrogen) atoms. The highest BCUT2D eigenvalue weighted by atomic mass is 16.1. The smallest absolute Gasteiger partial charge is 0.229 e. The second kappa shape index (κ2) is 6.48. The van der Waals surface area contributed by atoms with Crippen LogP contribution in [0.2, 0.25) is 0 Å². The Kier molecular flexibility index (Phi) is 4.05. The van der Waals surface area contributed by atoms with Gasteiger partial charge in [0.15, 0.2) is 0 Å². The lowest BCUT2D eigenvalue weighted by Crippen LogP contribution is -2.21. The van der Waals surface area contributed by atoms with Crippen LogP contribution in [0.3, 0.4) is 0 Å². The Morgan fingerprint density at radius 2 is 1.73 bits per heavy atom. The Labute approximate surface area is 125 Å². The van der Waals surface area contributed by atoms with E-state index in [9.17, 15) is 4.79 Å². The molecule has 0 saturated heterocycles. The average molecular weight is 298 g/mol. The summed E-state index contributed by atoms with van der Waals surface area (Å²) in [6.45, 7) is 0. The number of nitrogens with one attached hydrogen (secondary N) is 4. The van der Waals surface area contributed by atoms with Crippen LogP contribution in [0.1, 0.15) is 18.0 Å². The highest BCUT2D eigenvalue weighted by Crippen LogP contribution is 2.20. The van der Waals surface area contributed by atoms with Crippen molar-refractivity contribution in [3.63, 3.8) is 0 Å². The second-order valence-electron chi connectivity index (χ2n) is 4.53. The van der Waals surface area contributed by atoms with Crippen LogP contribution >= 0.6 is 0 Å². The fraction of sp³-hybridized carbons (Fsp3) is 0.154. The van der Waals surface area contributed by atoms with E-state index in [2.05, 4.69) is 41.0 Å². The van der Waals surface area contributed by atoms with Crippen molar-refractivity contribution in [2.75, 3.05) is 10.6 Å². The van der Waals surface area contributed by atoms with Gasteiger partial charge < -0.3 is 5.32 Å². The van der Waals surface area contributed by atoms with Crippen LogP contribution < -0.4 is 10.6 Å². The lowest BCUT2D eigenvalue weighted by atomic mass is 10.0. The zero-order chi connectivity index (χ0) is 15.2. The molecule has 0 bridgehead atoms. The summed E-state index contributed by atoms with van der Waals surface area (Å²) in [5, 5.41) is 18.6. The maximum atomic E-state index is 12.1. The van der Waals surface area contributed by atoms with E-state index in [0.29, 0.717) is 11.9 Å². The number of anilines is 2. The zero-order valence-electron chi connectivity index (χ0n) is 11.5. The number of amides is 1. The first-order chi connectivity index (χ1) is 10.8. The second-order valence-corrected chi connectivity index (χ2v) is 4.53. The molecule has 0 aliphatic carbocycles. The molecule has 9 nitrogen and oxygen atoms in total. The molecule has 0 aliphatic rings. The van der Waals surface area contributed by atoms with Gasteiger partial charge in [-0.25, -0.2) is 15.2 Å². The summed E-state index contributed by atoms with van der Waals surface area (Å²) >= 11 is 0. The average Bonchev–Trinajstić information content (AvgIpc) is 3.21. The van der Waals surface area contributed by atoms with Crippen LogP contribution in [-0.2, 0) is 4.79 Å². The molecule has 9 heteroatoms. The molecule has 4 N–H and O–H groups in total. The van der Waals surface area contributed by atoms with E-state index in [1.54, 1.807) is 0 Å². The van der Waals surface area contributed by atoms with Gasteiger partial charge >= 0.3 is 0 Å². The quantitative estimate of drug-likeness (QED) is 0.540. The first-order valence-electron chi connectivity index (χ1n) is 6.63. The van der Waals surface area contributed by atoms with Gasteiger partial charge in [0.25, 0.3) is 0 Å². The molecule has 0 spiro atoms. The molecule has 1 atom stereocenters. The predicted octanol–water partition coefficient (Wildman–Crippen LogP) is 1.10. The maximum Gasteiger partial charge on any atom is 0.229 e. The molecular weight excluding hydrogens is 284 g/mol. The molecule has 3 aromatic rings. The third kappa shape index (κ3) is 3.45. The Hall–Kier alpha value is -3.23. The maximum absolute atomic E-state index is 12.1. The molecule has 112 valence electrons. The van der Waals surface area contributed by atoms with Gasteiger partial charge in [-0.05, 0) is 5.56 Å². The van der Waals surface area contributed by atoms with E-state index in [1.165, 1.54) is 12.7 Å². The van der Waals surface area contributed by atoms with Crippen molar-refractivity contribution in [3.05, 3.63) is 48.5 Å². The van der Waals surface area contributed by atoms with Crippen molar-refractivity contribution < 1.29 is 4.79 Å². The number of carbonyl (C=O) groups is 1. The minimum atomic E-state index is -0.253. The van der Waals surface area contributed by atoms with Gasteiger partial charge in [-0.15, -0.1) is 0 Å². The van der Waals surface area contributed by atoms with Gasteiger partial charge in [-0.1, -0.05) is 30.3 Å². The number of hydrogen-bond donors (Lipinski definition) is 4. The molecule has 0 saturated carbocycles. The van der Waals surface area contributed by atoms with E-state index >= 15 is 0 Å². The summed E-state index contributed by atoms with van der Waals surface area (Å²) in [5.74, 6) is 0.621. The van der Waals surface area contributed by atoms with Crippen molar-refractivity contribution in [2.45, 2.75) is 12.5 Å². The van der Waals surface area contributed by atoms with Crippen molar-refractivity contribution in [1.29, 1.82) is 0 Å². The molecule has 1 amide bonds. The van der Waals surface area contributed by atoms with E-state index in [0.717, 1.165) is 5.56 Å². The Morgan fingerprint density at radius 3 is 2.36 bits per heavy atom. The van der Waals surface area contributed by atoms with Gasteiger partial charge in [0, 0.05) is 0 Å². The third-order valence-electron chi connectivity index (χ3n) is 2.99. The standard InChI is InChI=1S/C13H14N8O/c22-11(19-13-15-8-17-21-13)6-10(9-4-2-1-3-5-9)18-12-14-7-16-20-12/h1-5,7-8,10H,6H2,(H2,14,16,18,20)(H2,15,17,19,21,22). The number of aromatic nitrogens is 6. The van der Waals surface area contributed by atoms with Gasteiger partial charge in [0.1, 0.15) is 12.7 Å². The Balaban J connectivity index is 1.72.